The zero-order valence-electron chi connectivity index (χ0n) is 10.3. The van der Waals surface area contributed by atoms with Crippen LogP contribution in [-0.4, -0.2) is 11.2 Å². The third-order valence-electron chi connectivity index (χ3n) is 3.37. The van der Waals surface area contributed by atoms with Crippen LogP contribution in [-0.2, 0) is 6.42 Å². The second kappa shape index (κ2) is 6.48. The van der Waals surface area contributed by atoms with Crippen LogP contribution in [0.1, 0.15) is 37.7 Å². The Labute approximate surface area is 116 Å². The largest absolute Gasteiger partial charge is 0.392 e. The standard InChI is InChI=1S/C15H18BrFO/c16-15-12(7-4-8-14(15)17)10-13(18)9-11-5-2-1-3-6-11/h4-5,7-8,13,18H,1-3,6,9-10H2. The van der Waals surface area contributed by atoms with Crippen molar-refractivity contribution in [1.82, 2.24) is 0 Å². The van der Waals surface area contributed by atoms with Gasteiger partial charge >= 0.3 is 0 Å². The Hall–Kier alpha value is -0.670. The number of hydrogen-bond donors (Lipinski definition) is 1. The predicted molar refractivity (Wildman–Crippen MR) is 75.0 cm³/mol. The molecule has 0 amide bonds. The molecule has 1 atom stereocenters. The molecule has 1 aromatic carbocycles. The molecule has 0 saturated carbocycles. The molecule has 0 radical (unpaired) electrons. The van der Waals surface area contributed by atoms with Gasteiger partial charge in [-0.15, -0.1) is 0 Å². The van der Waals surface area contributed by atoms with Crippen LogP contribution < -0.4 is 0 Å². The van der Waals surface area contributed by atoms with Gasteiger partial charge in [0, 0.05) is 0 Å². The molecular weight excluding hydrogens is 295 g/mol. The Bertz CT molecular complexity index is 442. The summed E-state index contributed by atoms with van der Waals surface area (Å²) in [5.41, 5.74) is 2.18. The van der Waals surface area contributed by atoms with E-state index in [1.165, 1.54) is 24.5 Å². The van der Waals surface area contributed by atoms with Crippen LogP contribution >= 0.6 is 15.9 Å². The van der Waals surface area contributed by atoms with E-state index in [1.807, 2.05) is 6.07 Å². The average molecular weight is 313 g/mol. The molecule has 0 saturated heterocycles. The molecule has 0 heterocycles. The number of benzene rings is 1. The van der Waals surface area contributed by atoms with Crippen LogP contribution in [0.2, 0.25) is 0 Å². The van der Waals surface area contributed by atoms with Crippen molar-refractivity contribution in [3.63, 3.8) is 0 Å². The Morgan fingerprint density at radius 2 is 2.11 bits per heavy atom. The van der Waals surface area contributed by atoms with Gasteiger partial charge in [-0.05, 0) is 66.1 Å². The van der Waals surface area contributed by atoms with Gasteiger partial charge in [-0.3, -0.25) is 0 Å². The molecule has 0 aromatic heterocycles. The van der Waals surface area contributed by atoms with Gasteiger partial charge in [0.2, 0.25) is 0 Å². The summed E-state index contributed by atoms with van der Waals surface area (Å²) in [5.74, 6) is -0.267. The van der Waals surface area contributed by atoms with Crippen molar-refractivity contribution in [3.05, 3.63) is 45.7 Å². The SMILES string of the molecule is OC(CC1=CCCCC1)Cc1cccc(F)c1Br. The molecule has 98 valence electrons. The van der Waals surface area contributed by atoms with Crippen LogP contribution in [0.25, 0.3) is 0 Å². The molecule has 3 heteroatoms. The zero-order valence-corrected chi connectivity index (χ0v) is 11.9. The molecule has 1 aromatic rings. The molecule has 0 bridgehead atoms. The smallest absolute Gasteiger partial charge is 0.137 e. The molecule has 1 N–H and O–H groups in total. The topological polar surface area (TPSA) is 20.2 Å². The summed E-state index contributed by atoms with van der Waals surface area (Å²) >= 11 is 3.23. The highest BCUT2D eigenvalue weighted by Crippen LogP contribution is 2.25. The fraction of sp³-hybridized carbons (Fsp3) is 0.467. The number of aliphatic hydroxyl groups excluding tert-OH is 1. The monoisotopic (exact) mass is 312 g/mol. The lowest BCUT2D eigenvalue weighted by atomic mass is 9.93. The summed E-state index contributed by atoms with van der Waals surface area (Å²) < 4.78 is 13.8. The van der Waals surface area contributed by atoms with Gasteiger partial charge in [0.25, 0.3) is 0 Å². The highest BCUT2D eigenvalue weighted by Gasteiger charge is 2.13. The van der Waals surface area contributed by atoms with Crippen LogP contribution in [0.5, 0.6) is 0 Å². The molecule has 0 spiro atoms. The van der Waals surface area contributed by atoms with Crippen molar-refractivity contribution < 1.29 is 9.50 Å². The van der Waals surface area contributed by atoms with Crippen molar-refractivity contribution in [3.8, 4) is 0 Å². The minimum absolute atomic E-state index is 0.267. The van der Waals surface area contributed by atoms with E-state index in [-0.39, 0.29) is 5.82 Å². The summed E-state index contributed by atoms with van der Waals surface area (Å²) in [6.07, 6.45) is 7.74. The maximum absolute atomic E-state index is 13.3. The summed E-state index contributed by atoms with van der Waals surface area (Å²) in [4.78, 5) is 0. The normalized spacial score (nSPS) is 17.4. The van der Waals surface area contributed by atoms with E-state index in [2.05, 4.69) is 22.0 Å². The number of aliphatic hydroxyl groups is 1. The molecule has 2 rings (SSSR count). The van der Waals surface area contributed by atoms with Gasteiger partial charge in [0.15, 0.2) is 0 Å². The fourth-order valence-corrected chi connectivity index (χ4v) is 2.85. The van der Waals surface area contributed by atoms with Crippen LogP contribution in [0.3, 0.4) is 0 Å². The van der Waals surface area contributed by atoms with Gasteiger partial charge in [0.05, 0.1) is 10.6 Å². The number of hydrogen-bond acceptors (Lipinski definition) is 1. The molecule has 1 aliphatic rings. The first-order chi connectivity index (χ1) is 8.66. The Kier molecular flexibility index (Phi) is 4.95. The minimum Gasteiger partial charge on any atom is -0.392 e. The zero-order chi connectivity index (χ0) is 13.0. The van der Waals surface area contributed by atoms with Crippen molar-refractivity contribution in [2.45, 2.75) is 44.6 Å². The number of allylic oxidation sites excluding steroid dienone is 1. The molecule has 1 aliphatic carbocycles. The van der Waals surface area contributed by atoms with Gasteiger partial charge in [-0.1, -0.05) is 23.8 Å². The number of rotatable bonds is 4. The maximum atomic E-state index is 13.3. The number of halogens is 2. The fourth-order valence-electron chi connectivity index (χ4n) is 2.42. The molecule has 1 nitrogen and oxygen atoms in total. The molecule has 1 unspecified atom stereocenters. The quantitative estimate of drug-likeness (QED) is 0.818. The average Bonchev–Trinajstić information content (AvgIpc) is 2.36. The minimum atomic E-state index is -0.424. The van der Waals surface area contributed by atoms with E-state index in [1.54, 1.807) is 6.07 Å². The van der Waals surface area contributed by atoms with Gasteiger partial charge in [0.1, 0.15) is 5.82 Å². The van der Waals surface area contributed by atoms with E-state index in [4.69, 9.17) is 0 Å². The van der Waals surface area contributed by atoms with E-state index < -0.39 is 6.10 Å². The molecule has 0 aliphatic heterocycles. The maximum Gasteiger partial charge on any atom is 0.137 e. The van der Waals surface area contributed by atoms with Crippen molar-refractivity contribution in [2.75, 3.05) is 0 Å². The van der Waals surface area contributed by atoms with Crippen LogP contribution in [0.4, 0.5) is 4.39 Å². The van der Waals surface area contributed by atoms with Crippen molar-refractivity contribution >= 4 is 15.9 Å². The van der Waals surface area contributed by atoms with E-state index >= 15 is 0 Å². The molecule has 0 fully saturated rings. The lowest BCUT2D eigenvalue weighted by Gasteiger charge is -2.17. The third-order valence-corrected chi connectivity index (χ3v) is 4.26. The molecule has 18 heavy (non-hydrogen) atoms. The first-order valence-corrected chi connectivity index (χ1v) is 7.25. The Balaban J connectivity index is 1.96. The summed E-state index contributed by atoms with van der Waals surface area (Å²) in [7, 11) is 0. The summed E-state index contributed by atoms with van der Waals surface area (Å²) in [5, 5.41) is 10.1. The first kappa shape index (κ1) is 13.8. The second-order valence-corrected chi connectivity index (χ2v) is 5.68. The Morgan fingerprint density at radius 1 is 1.28 bits per heavy atom. The second-order valence-electron chi connectivity index (χ2n) is 4.88. The van der Waals surface area contributed by atoms with E-state index in [0.29, 0.717) is 17.3 Å². The van der Waals surface area contributed by atoms with Crippen LogP contribution in [0, 0.1) is 5.82 Å². The van der Waals surface area contributed by atoms with Crippen molar-refractivity contribution in [1.29, 1.82) is 0 Å². The Morgan fingerprint density at radius 3 is 2.83 bits per heavy atom. The van der Waals surface area contributed by atoms with Gasteiger partial charge in [-0.2, -0.15) is 0 Å². The van der Waals surface area contributed by atoms with Crippen molar-refractivity contribution in [2.24, 2.45) is 0 Å². The van der Waals surface area contributed by atoms with Crippen LogP contribution in [0.15, 0.2) is 34.3 Å². The summed E-state index contributed by atoms with van der Waals surface area (Å²) in [6, 6.07) is 4.96. The lowest BCUT2D eigenvalue weighted by molar-refractivity contribution is 0.173. The van der Waals surface area contributed by atoms with Gasteiger partial charge < -0.3 is 5.11 Å². The highest BCUT2D eigenvalue weighted by atomic mass is 79.9. The lowest BCUT2D eigenvalue weighted by Crippen LogP contribution is -2.13. The predicted octanol–water partition coefficient (Wildman–Crippen LogP) is 4.38. The highest BCUT2D eigenvalue weighted by molar-refractivity contribution is 9.10. The third kappa shape index (κ3) is 3.66. The van der Waals surface area contributed by atoms with E-state index in [0.717, 1.165) is 18.4 Å². The summed E-state index contributed by atoms with van der Waals surface area (Å²) in [6.45, 7) is 0. The first-order valence-electron chi connectivity index (χ1n) is 6.45. The van der Waals surface area contributed by atoms with E-state index in [9.17, 15) is 9.50 Å². The molecular formula is C15H18BrFO. The van der Waals surface area contributed by atoms with Gasteiger partial charge in [-0.25, -0.2) is 4.39 Å².